The number of aliphatic hydroxyl groups is 1. The summed E-state index contributed by atoms with van der Waals surface area (Å²) in [6.07, 6.45) is 0.721. The zero-order valence-electron chi connectivity index (χ0n) is 11.2. The van der Waals surface area contributed by atoms with E-state index in [1.54, 1.807) is 0 Å². The lowest BCUT2D eigenvalue weighted by Gasteiger charge is -2.27. The van der Waals surface area contributed by atoms with Crippen molar-refractivity contribution in [2.75, 3.05) is 18.5 Å². The van der Waals surface area contributed by atoms with Gasteiger partial charge in [0.1, 0.15) is 5.75 Å². The molecule has 0 radical (unpaired) electrons. The Kier molecular flexibility index (Phi) is 4.82. The van der Waals surface area contributed by atoms with Crippen LogP contribution in [-0.2, 0) is 0 Å². The van der Waals surface area contributed by atoms with Gasteiger partial charge in [-0.2, -0.15) is 0 Å². The summed E-state index contributed by atoms with van der Waals surface area (Å²) in [7, 11) is 0. The number of aryl methyl sites for hydroxylation is 1. The molecule has 1 aromatic carbocycles. The first-order chi connectivity index (χ1) is 7.98. The molecular formula is C14H23NO2. The Labute approximate surface area is 104 Å². The average molecular weight is 237 g/mol. The molecule has 3 nitrogen and oxygen atoms in total. The van der Waals surface area contributed by atoms with Crippen molar-refractivity contribution in [3.8, 4) is 5.75 Å². The minimum atomic E-state index is -0.103. The van der Waals surface area contributed by atoms with Crippen LogP contribution < -0.4 is 10.1 Å². The second kappa shape index (κ2) is 5.92. The maximum absolute atomic E-state index is 8.99. The van der Waals surface area contributed by atoms with Gasteiger partial charge in [0.15, 0.2) is 0 Å². The molecule has 0 aliphatic heterocycles. The largest absolute Gasteiger partial charge is 0.494 e. The highest BCUT2D eigenvalue weighted by Crippen LogP contribution is 2.24. The van der Waals surface area contributed by atoms with Crippen LogP contribution in [0.3, 0.4) is 0 Å². The maximum atomic E-state index is 8.99. The van der Waals surface area contributed by atoms with Crippen molar-refractivity contribution in [2.45, 2.75) is 39.7 Å². The maximum Gasteiger partial charge on any atom is 0.122 e. The average Bonchev–Trinajstić information content (AvgIpc) is 2.21. The topological polar surface area (TPSA) is 41.5 Å². The minimum absolute atomic E-state index is 0.103. The van der Waals surface area contributed by atoms with Gasteiger partial charge in [0.05, 0.1) is 6.61 Å². The number of ether oxygens (including phenoxy) is 1. The summed E-state index contributed by atoms with van der Waals surface area (Å²) in [5.41, 5.74) is 2.08. The van der Waals surface area contributed by atoms with E-state index in [0.29, 0.717) is 6.61 Å². The van der Waals surface area contributed by atoms with Crippen LogP contribution in [0.4, 0.5) is 5.69 Å². The second-order valence-electron chi connectivity index (χ2n) is 4.90. The molecule has 2 N–H and O–H groups in total. The third-order valence-electron chi connectivity index (χ3n) is 2.69. The van der Waals surface area contributed by atoms with Crippen LogP contribution in [0.1, 0.15) is 32.8 Å². The first-order valence-electron chi connectivity index (χ1n) is 6.11. The van der Waals surface area contributed by atoms with Crippen molar-refractivity contribution in [2.24, 2.45) is 0 Å². The Bertz CT molecular complexity index is 361. The van der Waals surface area contributed by atoms with Crippen molar-refractivity contribution in [1.29, 1.82) is 0 Å². The zero-order chi connectivity index (χ0) is 12.9. The van der Waals surface area contributed by atoms with E-state index < -0.39 is 0 Å². The monoisotopic (exact) mass is 237 g/mol. The Morgan fingerprint density at radius 2 is 2.06 bits per heavy atom. The van der Waals surface area contributed by atoms with Crippen LogP contribution in [0, 0.1) is 6.92 Å². The lowest BCUT2D eigenvalue weighted by atomic mass is 10.0. The molecule has 0 aromatic heterocycles. The first-order valence-corrected chi connectivity index (χ1v) is 6.11. The highest BCUT2D eigenvalue weighted by Gasteiger charge is 2.16. The molecule has 17 heavy (non-hydrogen) atoms. The van der Waals surface area contributed by atoms with Gasteiger partial charge < -0.3 is 15.2 Å². The first kappa shape index (κ1) is 13.8. The minimum Gasteiger partial charge on any atom is -0.494 e. The summed E-state index contributed by atoms with van der Waals surface area (Å²) in [6, 6.07) is 6.07. The van der Waals surface area contributed by atoms with Crippen LogP contribution in [0.2, 0.25) is 0 Å². The van der Waals surface area contributed by atoms with Crippen molar-refractivity contribution in [1.82, 2.24) is 0 Å². The number of nitrogens with one attached hydrogen (secondary N) is 1. The summed E-state index contributed by atoms with van der Waals surface area (Å²) >= 11 is 0. The van der Waals surface area contributed by atoms with Crippen LogP contribution in [0.5, 0.6) is 5.75 Å². The summed E-state index contributed by atoms with van der Waals surface area (Å²) in [6.45, 7) is 9.05. The molecule has 0 fully saturated rings. The fourth-order valence-corrected chi connectivity index (χ4v) is 1.78. The summed E-state index contributed by atoms with van der Waals surface area (Å²) in [4.78, 5) is 0. The fourth-order valence-electron chi connectivity index (χ4n) is 1.78. The third-order valence-corrected chi connectivity index (χ3v) is 2.69. The standard InChI is InChI=1S/C14H23NO2/c1-5-17-13-7-6-12(10-11(13)2)15-14(3,4)8-9-16/h6-7,10,15-16H,5,8-9H2,1-4H3. The van der Waals surface area contributed by atoms with Gasteiger partial charge in [0.25, 0.3) is 0 Å². The van der Waals surface area contributed by atoms with E-state index in [2.05, 4.69) is 25.2 Å². The number of aliphatic hydroxyl groups excluding tert-OH is 1. The molecule has 96 valence electrons. The van der Waals surface area contributed by atoms with Gasteiger partial charge in [-0.1, -0.05) is 0 Å². The SMILES string of the molecule is CCOc1ccc(NC(C)(C)CCO)cc1C. The Morgan fingerprint density at radius 1 is 1.35 bits per heavy atom. The number of benzene rings is 1. The smallest absolute Gasteiger partial charge is 0.122 e. The summed E-state index contributed by atoms with van der Waals surface area (Å²) < 4.78 is 5.50. The molecule has 0 bridgehead atoms. The number of rotatable bonds is 6. The fraction of sp³-hybridized carbons (Fsp3) is 0.571. The molecule has 0 heterocycles. The van der Waals surface area contributed by atoms with E-state index in [0.717, 1.165) is 23.4 Å². The van der Waals surface area contributed by atoms with Gasteiger partial charge in [0.2, 0.25) is 0 Å². The zero-order valence-corrected chi connectivity index (χ0v) is 11.2. The van der Waals surface area contributed by atoms with Gasteiger partial charge in [-0.15, -0.1) is 0 Å². The van der Waals surface area contributed by atoms with E-state index in [9.17, 15) is 0 Å². The van der Waals surface area contributed by atoms with Crippen LogP contribution in [0.25, 0.3) is 0 Å². The van der Waals surface area contributed by atoms with Gasteiger partial charge in [-0.3, -0.25) is 0 Å². The third kappa shape index (κ3) is 4.27. The quantitative estimate of drug-likeness (QED) is 0.799. The molecule has 1 aromatic rings. The van der Waals surface area contributed by atoms with Crippen LogP contribution in [0.15, 0.2) is 18.2 Å². The summed E-state index contributed by atoms with van der Waals surface area (Å²) in [5.74, 6) is 0.929. The molecule has 3 heteroatoms. The van der Waals surface area contributed by atoms with Crippen molar-refractivity contribution in [3.05, 3.63) is 23.8 Å². The van der Waals surface area contributed by atoms with Crippen molar-refractivity contribution in [3.63, 3.8) is 0 Å². The molecule has 0 saturated heterocycles. The van der Waals surface area contributed by atoms with E-state index in [1.165, 1.54) is 0 Å². The van der Waals surface area contributed by atoms with Gasteiger partial charge in [-0.05, 0) is 57.9 Å². The molecule has 0 aliphatic carbocycles. The van der Waals surface area contributed by atoms with Gasteiger partial charge in [0, 0.05) is 17.8 Å². The van der Waals surface area contributed by atoms with Gasteiger partial charge >= 0.3 is 0 Å². The summed E-state index contributed by atoms with van der Waals surface area (Å²) in [5, 5.41) is 12.4. The van der Waals surface area contributed by atoms with E-state index in [4.69, 9.17) is 9.84 Å². The van der Waals surface area contributed by atoms with Crippen molar-refractivity contribution >= 4 is 5.69 Å². The van der Waals surface area contributed by atoms with E-state index >= 15 is 0 Å². The predicted molar refractivity (Wildman–Crippen MR) is 71.8 cm³/mol. The molecule has 0 atom stereocenters. The van der Waals surface area contributed by atoms with E-state index in [-0.39, 0.29) is 12.1 Å². The molecule has 0 saturated carbocycles. The lowest BCUT2D eigenvalue weighted by molar-refractivity contribution is 0.261. The van der Waals surface area contributed by atoms with E-state index in [1.807, 2.05) is 26.0 Å². The van der Waals surface area contributed by atoms with Crippen LogP contribution >= 0.6 is 0 Å². The molecule has 0 unspecified atom stereocenters. The molecule has 0 spiro atoms. The van der Waals surface area contributed by atoms with Crippen molar-refractivity contribution < 1.29 is 9.84 Å². The Balaban J connectivity index is 2.76. The van der Waals surface area contributed by atoms with Gasteiger partial charge in [-0.25, -0.2) is 0 Å². The number of hydrogen-bond acceptors (Lipinski definition) is 3. The number of hydrogen-bond donors (Lipinski definition) is 2. The normalized spacial score (nSPS) is 11.4. The molecule has 1 rings (SSSR count). The molecule has 0 aliphatic rings. The number of anilines is 1. The lowest BCUT2D eigenvalue weighted by Crippen LogP contribution is -2.31. The highest BCUT2D eigenvalue weighted by molar-refractivity contribution is 5.52. The predicted octanol–water partition coefficient (Wildman–Crippen LogP) is 2.97. The second-order valence-corrected chi connectivity index (χ2v) is 4.90. The highest BCUT2D eigenvalue weighted by atomic mass is 16.5. The molecule has 0 amide bonds. The molecular weight excluding hydrogens is 214 g/mol. The Morgan fingerprint density at radius 3 is 2.59 bits per heavy atom. The van der Waals surface area contributed by atoms with Crippen LogP contribution in [-0.4, -0.2) is 23.9 Å². The Hall–Kier alpha value is -1.22.